The van der Waals surface area contributed by atoms with E-state index in [1.807, 2.05) is 0 Å². The SMILES string of the molecule is CCOC(=O)c1nn(-c2ccccc2Cl)c(=O)cc1OCC(=O)Nc1ccc(OC(F)(F)F)cc1. The van der Waals surface area contributed by atoms with Crippen molar-refractivity contribution in [1.82, 2.24) is 9.78 Å². The van der Waals surface area contributed by atoms with E-state index >= 15 is 0 Å². The van der Waals surface area contributed by atoms with E-state index in [4.69, 9.17) is 21.1 Å². The van der Waals surface area contributed by atoms with Gasteiger partial charge in [0.15, 0.2) is 12.4 Å². The van der Waals surface area contributed by atoms with Crippen molar-refractivity contribution in [2.24, 2.45) is 0 Å². The zero-order chi connectivity index (χ0) is 25.6. The molecule has 1 N–H and O–H groups in total. The Morgan fingerprint density at radius 1 is 1.11 bits per heavy atom. The van der Waals surface area contributed by atoms with Crippen LogP contribution in [0.25, 0.3) is 5.69 Å². The summed E-state index contributed by atoms with van der Waals surface area (Å²) in [4.78, 5) is 37.3. The fourth-order valence-corrected chi connectivity index (χ4v) is 2.98. The van der Waals surface area contributed by atoms with Gasteiger partial charge in [-0.1, -0.05) is 23.7 Å². The van der Waals surface area contributed by atoms with Gasteiger partial charge in [-0.25, -0.2) is 4.79 Å². The van der Waals surface area contributed by atoms with Gasteiger partial charge in [-0.3, -0.25) is 9.59 Å². The number of rotatable bonds is 8. The Morgan fingerprint density at radius 3 is 2.43 bits per heavy atom. The third-order valence-electron chi connectivity index (χ3n) is 4.18. The van der Waals surface area contributed by atoms with Crippen molar-refractivity contribution in [3.63, 3.8) is 0 Å². The second-order valence-electron chi connectivity index (χ2n) is 6.69. The molecule has 3 aromatic rings. The Morgan fingerprint density at radius 2 is 1.80 bits per heavy atom. The quantitative estimate of drug-likeness (QED) is 0.456. The van der Waals surface area contributed by atoms with Gasteiger partial charge in [-0.05, 0) is 43.3 Å². The second kappa shape index (κ2) is 10.9. The topological polar surface area (TPSA) is 109 Å². The maximum absolute atomic E-state index is 12.6. The summed E-state index contributed by atoms with van der Waals surface area (Å²) in [6, 6.07) is 11.7. The van der Waals surface area contributed by atoms with Gasteiger partial charge in [-0.15, -0.1) is 13.2 Å². The third-order valence-corrected chi connectivity index (χ3v) is 4.50. The van der Waals surface area contributed by atoms with Gasteiger partial charge in [-0.2, -0.15) is 9.78 Å². The molecule has 0 fully saturated rings. The number of hydrogen-bond acceptors (Lipinski definition) is 7. The molecule has 184 valence electrons. The van der Waals surface area contributed by atoms with Gasteiger partial charge >= 0.3 is 12.3 Å². The van der Waals surface area contributed by atoms with Crippen LogP contribution in [0, 0.1) is 0 Å². The van der Waals surface area contributed by atoms with Crippen LogP contribution in [0.2, 0.25) is 5.02 Å². The number of amides is 1. The molecule has 0 saturated heterocycles. The van der Waals surface area contributed by atoms with Gasteiger partial charge < -0.3 is 19.5 Å². The minimum Gasteiger partial charge on any atom is -0.481 e. The molecule has 9 nitrogen and oxygen atoms in total. The van der Waals surface area contributed by atoms with E-state index in [1.165, 1.54) is 24.3 Å². The molecule has 0 aliphatic rings. The summed E-state index contributed by atoms with van der Waals surface area (Å²) >= 11 is 6.12. The number of benzene rings is 2. The summed E-state index contributed by atoms with van der Waals surface area (Å²) in [5.74, 6) is -2.39. The minimum absolute atomic E-state index is 0.0136. The number of nitrogens with zero attached hydrogens (tertiary/aromatic N) is 2. The van der Waals surface area contributed by atoms with E-state index in [9.17, 15) is 27.6 Å². The van der Waals surface area contributed by atoms with E-state index in [0.29, 0.717) is 0 Å². The zero-order valence-electron chi connectivity index (χ0n) is 18.0. The maximum atomic E-state index is 12.6. The molecule has 35 heavy (non-hydrogen) atoms. The molecular weight excluding hydrogens is 495 g/mol. The lowest BCUT2D eigenvalue weighted by atomic mass is 10.3. The standard InChI is InChI=1S/C22H17ClF3N3O6/c1-2-33-21(32)20-17(11-19(31)29(28-20)16-6-4-3-5-15(16)23)34-12-18(30)27-13-7-9-14(10-8-13)35-22(24,25)26/h3-11H,2,12H2,1H3,(H,27,30). The first-order valence-corrected chi connectivity index (χ1v) is 10.3. The summed E-state index contributed by atoms with van der Waals surface area (Å²) in [7, 11) is 0. The van der Waals surface area contributed by atoms with Crippen LogP contribution in [0.1, 0.15) is 17.4 Å². The summed E-state index contributed by atoms with van der Waals surface area (Å²) in [5.41, 5.74) is -0.687. The molecule has 0 unspecified atom stereocenters. The molecular formula is C22H17ClF3N3O6. The molecule has 0 saturated carbocycles. The first-order chi connectivity index (χ1) is 16.6. The highest BCUT2D eigenvalue weighted by Crippen LogP contribution is 2.24. The normalized spacial score (nSPS) is 11.0. The summed E-state index contributed by atoms with van der Waals surface area (Å²) in [6.45, 7) is 0.936. The fraction of sp³-hybridized carbons (Fsp3) is 0.182. The van der Waals surface area contributed by atoms with Crippen LogP contribution in [-0.2, 0) is 9.53 Å². The highest BCUT2D eigenvalue weighted by molar-refractivity contribution is 6.32. The number of para-hydroxylation sites is 1. The van der Waals surface area contributed by atoms with Crippen molar-refractivity contribution in [2.75, 3.05) is 18.5 Å². The Hall–Kier alpha value is -4.06. The largest absolute Gasteiger partial charge is 0.573 e. The average Bonchev–Trinajstić information content (AvgIpc) is 2.79. The monoisotopic (exact) mass is 511 g/mol. The molecule has 0 radical (unpaired) electrons. The number of ether oxygens (including phenoxy) is 3. The highest BCUT2D eigenvalue weighted by atomic mass is 35.5. The number of hydrogen-bond donors (Lipinski definition) is 1. The Bertz CT molecular complexity index is 1280. The molecule has 0 aliphatic carbocycles. The predicted molar refractivity (Wildman–Crippen MR) is 118 cm³/mol. The van der Waals surface area contributed by atoms with Gasteiger partial charge in [0.05, 0.1) is 23.4 Å². The summed E-state index contributed by atoms with van der Waals surface area (Å²) in [6.07, 6.45) is -4.84. The number of halogens is 4. The van der Waals surface area contributed by atoms with Crippen molar-refractivity contribution >= 4 is 29.2 Å². The summed E-state index contributed by atoms with van der Waals surface area (Å²) in [5, 5.41) is 6.61. The molecule has 1 heterocycles. The smallest absolute Gasteiger partial charge is 0.481 e. The van der Waals surface area contributed by atoms with Crippen LogP contribution in [0.5, 0.6) is 11.5 Å². The molecule has 0 atom stereocenters. The number of nitrogens with one attached hydrogen (secondary N) is 1. The number of aromatic nitrogens is 2. The van der Waals surface area contributed by atoms with Crippen LogP contribution >= 0.6 is 11.6 Å². The van der Waals surface area contributed by atoms with Gasteiger partial charge in [0.25, 0.3) is 11.5 Å². The predicted octanol–water partition coefficient (Wildman–Crippen LogP) is 3.98. The van der Waals surface area contributed by atoms with Gasteiger partial charge in [0, 0.05) is 5.69 Å². The van der Waals surface area contributed by atoms with Crippen LogP contribution in [0.3, 0.4) is 0 Å². The van der Waals surface area contributed by atoms with Crippen molar-refractivity contribution in [2.45, 2.75) is 13.3 Å². The van der Waals surface area contributed by atoms with Crippen LogP contribution in [0.4, 0.5) is 18.9 Å². The van der Waals surface area contributed by atoms with E-state index in [1.54, 1.807) is 19.1 Å². The van der Waals surface area contributed by atoms with E-state index in [-0.39, 0.29) is 34.4 Å². The van der Waals surface area contributed by atoms with E-state index in [2.05, 4.69) is 15.2 Å². The average molecular weight is 512 g/mol. The second-order valence-corrected chi connectivity index (χ2v) is 7.10. The Labute approximate surface area is 201 Å². The lowest BCUT2D eigenvalue weighted by molar-refractivity contribution is -0.274. The van der Waals surface area contributed by atoms with Crippen molar-refractivity contribution in [1.29, 1.82) is 0 Å². The molecule has 0 bridgehead atoms. The number of anilines is 1. The lowest BCUT2D eigenvalue weighted by Crippen LogP contribution is -2.27. The minimum atomic E-state index is -4.84. The Balaban J connectivity index is 1.77. The van der Waals surface area contributed by atoms with Gasteiger partial charge in [0.2, 0.25) is 5.69 Å². The molecule has 2 aromatic carbocycles. The molecule has 3 rings (SSSR count). The third kappa shape index (κ3) is 6.96. The number of carbonyl (C=O) groups excluding carboxylic acids is 2. The molecule has 0 aliphatic heterocycles. The van der Waals surface area contributed by atoms with Crippen molar-refractivity contribution < 1.29 is 37.0 Å². The van der Waals surface area contributed by atoms with Crippen molar-refractivity contribution in [3.8, 4) is 17.2 Å². The van der Waals surface area contributed by atoms with Gasteiger partial charge in [0.1, 0.15) is 5.75 Å². The van der Waals surface area contributed by atoms with E-state index < -0.39 is 36.2 Å². The Kier molecular flexibility index (Phi) is 7.97. The number of esters is 1. The highest BCUT2D eigenvalue weighted by Gasteiger charge is 2.31. The molecule has 0 spiro atoms. The zero-order valence-corrected chi connectivity index (χ0v) is 18.7. The fourth-order valence-electron chi connectivity index (χ4n) is 2.77. The lowest BCUT2D eigenvalue weighted by Gasteiger charge is -2.13. The van der Waals surface area contributed by atoms with Crippen molar-refractivity contribution in [3.05, 3.63) is 75.7 Å². The van der Waals surface area contributed by atoms with Crippen LogP contribution in [0.15, 0.2) is 59.4 Å². The maximum Gasteiger partial charge on any atom is 0.573 e. The number of alkyl halides is 3. The van der Waals surface area contributed by atoms with Crippen LogP contribution < -0.4 is 20.3 Å². The molecule has 1 aromatic heterocycles. The van der Waals surface area contributed by atoms with E-state index in [0.717, 1.165) is 22.9 Å². The molecule has 13 heteroatoms. The summed E-state index contributed by atoms with van der Waals surface area (Å²) < 4.78 is 51.7. The van der Waals surface area contributed by atoms with Crippen LogP contribution in [-0.4, -0.2) is 41.2 Å². The molecule has 1 amide bonds. The first-order valence-electron chi connectivity index (χ1n) is 9.92. The number of carbonyl (C=O) groups is 2. The first kappa shape index (κ1) is 25.6.